The lowest BCUT2D eigenvalue weighted by Crippen LogP contribution is -2.38. The number of carbonyl (C=O) groups is 2. The van der Waals surface area contributed by atoms with Gasteiger partial charge in [0.2, 0.25) is 5.91 Å². The van der Waals surface area contributed by atoms with Crippen LogP contribution in [-0.4, -0.2) is 36.9 Å². The first kappa shape index (κ1) is 20.4. The molecule has 1 aromatic carbocycles. The molecule has 0 bridgehead atoms. The summed E-state index contributed by atoms with van der Waals surface area (Å²) in [7, 11) is 1.49. The molecule has 1 N–H and O–H groups in total. The van der Waals surface area contributed by atoms with Crippen molar-refractivity contribution in [3.8, 4) is 0 Å². The van der Waals surface area contributed by atoms with Crippen molar-refractivity contribution in [2.75, 3.05) is 20.1 Å². The second kappa shape index (κ2) is 8.68. The molecule has 0 aliphatic carbocycles. The van der Waals surface area contributed by atoms with E-state index in [0.717, 1.165) is 9.85 Å². The number of nitrogens with one attached hydrogen (secondary N) is 1. The third-order valence-corrected chi connectivity index (χ3v) is 5.16. The number of halogens is 4. The average Bonchev–Trinajstić information content (AvgIpc) is 3.00. The Kier molecular flexibility index (Phi) is 6.82. The van der Waals surface area contributed by atoms with Crippen molar-refractivity contribution >= 4 is 39.1 Å². The molecule has 0 radical (unpaired) electrons. The number of carbonyl (C=O) groups excluding carboxylic acids is 2. The van der Waals surface area contributed by atoms with Gasteiger partial charge in [-0.15, -0.1) is 11.3 Å². The summed E-state index contributed by atoms with van der Waals surface area (Å²) >= 11 is 4.52. The van der Waals surface area contributed by atoms with Crippen LogP contribution in [0.3, 0.4) is 0 Å². The Hall–Kier alpha value is -1.87. The zero-order chi connectivity index (χ0) is 19.3. The number of thiophene rings is 1. The maximum absolute atomic E-state index is 12.9. The number of likely N-dealkylation sites (N-methyl/N-ethyl adjacent to an activating group) is 1. The Morgan fingerprint density at radius 3 is 2.50 bits per heavy atom. The Morgan fingerprint density at radius 1 is 1.19 bits per heavy atom. The van der Waals surface area contributed by atoms with Gasteiger partial charge in [-0.1, -0.05) is 18.2 Å². The zero-order valence-electron chi connectivity index (χ0n) is 13.8. The highest BCUT2D eigenvalue weighted by Gasteiger charge is 2.32. The molecule has 140 valence electrons. The van der Waals surface area contributed by atoms with Crippen LogP contribution < -0.4 is 5.32 Å². The summed E-state index contributed by atoms with van der Waals surface area (Å²) < 4.78 is 39.6. The number of alkyl halides is 3. The molecule has 2 aromatic rings. The molecule has 0 spiro atoms. The van der Waals surface area contributed by atoms with E-state index in [0.29, 0.717) is 4.88 Å². The topological polar surface area (TPSA) is 49.4 Å². The number of amides is 2. The summed E-state index contributed by atoms with van der Waals surface area (Å²) in [5, 5.41) is 2.55. The Bertz CT molecular complexity index is 792. The summed E-state index contributed by atoms with van der Waals surface area (Å²) in [4.78, 5) is 25.8. The van der Waals surface area contributed by atoms with E-state index in [4.69, 9.17) is 0 Å². The van der Waals surface area contributed by atoms with Crippen LogP contribution in [0.25, 0.3) is 0 Å². The first-order chi connectivity index (χ1) is 12.2. The normalized spacial score (nSPS) is 11.3. The number of nitrogens with zero attached hydrogens (tertiary/aromatic N) is 1. The van der Waals surface area contributed by atoms with Crippen molar-refractivity contribution in [1.29, 1.82) is 0 Å². The van der Waals surface area contributed by atoms with E-state index in [1.54, 1.807) is 12.1 Å². The highest BCUT2D eigenvalue weighted by molar-refractivity contribution is 9.11. The third-order valence-electron chi connectivity index (χ3n) is 3.55. The van der Waals surface area contributed by atoms with Crippen LogP contribution in [0.2, 0.25) is 0 Å². The lowest BCUT2D eigenvalue weighted by Gasteiger charge is -2.16. The van der Waals surface area contributed by atoms with Crippen LogP contribution in [0.1, 0.15) is 20.8 Å². The number of benzene rings is 1. The van der Waals surface area contributed by atoms with Crippen LogP contribution in [0.4, 0.5) is 13.2 Å². The van der Waals surface area contributed by atoms with Gasteiger partial charge in [-0.25, -0.2) is 0 Å². The lowest BCUT2D eigenvalue weighted by atomic mass is 10.0. The van der Waals surface area contributed by atoms with E-state index >= 15 is 0 Å². The predicted molar refractivity (Wildman–Crippen MR) is 97.1 cm³/mol. The third kappa shape index (κ3) is 5.57. The van der Waals surface area contributed by atoms with Gasteiger partial charge in [-0.05, 0) is 46.1 Å². The SMILES string of the molecule is CN(CC(=O)NCCc1ccccc1C(F)(F)F)C(=O)c1ccc(Br)s1. The molecular formula is C17H16BrF3N2O2S. The van der Waals surface area contributed by atoms with Gasteiger partial charge in [-0.2, -0.15) is 13.2 Å². The zero-order valence-corrected chi connectivity index (χ0v) is 16.2. The van der Waals surface area contributed by atoms with Gasteiger partial charge in [-0.3, -0.25) is 9.59 Å². The van der Waals surface area contributed by atoms with Crippen molar-refractivity contribution in [1.82, 2.24) is 10.2 Å². The maximum Gasteiger partial charge on any atom is 0.416 e. The van der Waals surface area contributed by atoms with Crippen molar-refractivity contribution in [3.63, 3.8) is 0 Å². The number of hydrogen-bond donors (Lipinski definition) is 1. The fourth-order valence-corrected chi connectivity index (χ4v) is 3.69. The summed E-state index contributed by atoms with van der Waals surface area (Å²) in [6, 6.07) is 8.65. The quantitative estimate of drug-likeness (QED) is 0.726. The minimum absolute atomic E-state index is 0.0525. The summed E-state index contributed by atoms with van der Waals surface area (Å²) in [5.41, 5.74) is -0.585. The minimum Gasteiger partial charge on any atom is -0.354 e. The summed E-state index contributed by atoms with van der Waals surface area (Å²) in [6.07, 6.45) is -4.38. The Morgan fingerprint density at radius 2 is 1.88 bits per heavy atom. The van der Waals surface area contributed by atoms with Crippen LogP contribution >= 0.6 is 27.3 Å². The van der Waals surface area contributed by atoms with Crippen LogP contribution in [0.5, 0.6) is 0 Å². The first-order valence-electron chi connectivity index (χ1n) is 7.61. The van der Waals surface area contributed by atoms with E-state index in [-0.39, 0.29) is 31.0 Å². The largest absolute Gasteiger partial charge is 0.416 e. The van der Waals surface area contributed by atoms with E-state index < -0.39 is 17.6 Å². The molecular weight excluding hydrogens is 433 g/mol. The fourth-order valence-electron chi connectivity index (χ4n) is 2.31. The number of hydrogen-bond acceptors (Lipinski definition) is 3. The van der Waals surface area contributed by atoms with Gasteiger partial charge in [0.15, 0.2) is 0 Å². The molecule has 2 amide bonds. The molecule has 0 fully saturated rings. The second-order valence-corrected chi connectivity index (χ2v) is 7.98. The van der Waals surface area contributed by atoms with Gasteiger partial charge in [0.1, 0.15) is 0 Å². The fraction of sp³-hybridized carbons (Fsp3) is 0.294. The molecule has 2 rings (SSSR count). The number of rotatable bonds is 6. The molecule has 1 aromatic heterocycles. The molecule has 0 saturated heterocycles. The summed E-state index contributed by atoms with van der Waals surface area (Å²) in [6.45, 7) is -0.117. The van der Waals surface area contributed by atoms with Crippen LogP contribution in [0, 0.1) is 0 Å². The smallest absolute Gasteiger partial charge is 0.354 e. The Balaban J connectivity index is 1.85. The lowest BCUT2D eigenvalue weighted by molar-refractivity contribution is -0.138. The molecule has 0 aliphatic heterocycles. The standard InChI is InChI=1S/C17H16BrF3N2O2S/c1-23(16(25)13-6-7-14(18)26-13)10-15(24)22-9-8-11-4-2-3-5-12(11)17(19,20)21/h2-7H,8-10H2,1H3,(H,22,24). The minimum atomic E-state index is -4.43. The van der Waals surface area contributed by atoms with Crippen LogP contribution in [-0.2, 0) is 17.4 Å². The summed E-state index contributed by atoms with van der Waals surface area (Å²) in [5.74, 6) is -0.723. The molecule has 1 heterocycles. The highest BCUT2D eigenvalue weighted by atomic mass is 79.9. The monoisotopic (exact) mass is 448 g/mol. The van der Waals surface area contributed by atoms with E-state index in [1.807, 2.05) is 0 Å². The van der Waals surface area contributed by atoms with Gasteiger partial charge in [0, 0.05) is 13.6 Å². The van der Waals surface area contributed by atoms with Crippen LogP contribution in [0.15, 0.2) is 40.2 Å². The molecule has 9 heteroatoms. The maximum atomic E-state index is 12.9. The van der Waals surface area contributed by atoms with Gasteiger partial charge < -0.3 is 10.2 Å². The van der Waals surface area contributed by atoms with E-state index in [2.05, 4.69) is 21.2 Å². The van der Waals surface area contributed by atoms with Crippen molar-refractivity contribution in [3.05, 3.63) is 56.2 Å². The molecule has 26 heavy (non-hydrogen) atoms. The molecule has 0 saturated carbocycles. The van der Waals surface area contributed by atoms with Crippen molar-refractivity contribution < 1.29 is 22.8 Å². The van der Waals surface area contributed by atoms with Gasteiger partial charge >= 0.3 is 6.18 Å². The molecule has 0 atom stereocenters. The van der Waals surface area contributed by atoms with Crippen molar-refractivity contribution in [2.45, 2.75) is 12.6 Å². The molecule has 0 unspecified atom stereocenters. The Labute approximate surface area is 161 Å². The van der Waals surface area contributed by atoms with Gasteiger partial charge in [0.05, 0.1) is 20.8 Å². The molecule has 0 aliphatic rings. The van der Waals surface area contributed by atoms with E-state index in [9.17, 15) is 22.8 Å². The predicted octanol–water partition coefficient (Wildman–Crippen LogP) is 3.96. The van der Waals surface area contributed by atoms with E-state index in [1.165, 1.54) is 41.5 Å². The molecule has 4 nitrogen and oxygen atoms in total. The van der Waals surface area contributed by atoms with Gasteiger partial charge in [0.25, 0.3) is 5.91 Å². The highest BCUT2D eigenvalue weighted by Crippen LogP contribution is 2.31. The van der Waals surface area contributed by atoms with Crippen molar-refractivity contribution in [2.24, 2.45) is 0 Å². The average molecular weight is 449 g/mol. The second-order valence-electron chi connectivity index (χ2n) is 5.52. The first-order valence-corrected chi connectivity index (χ1v) is 9.22.